The Morgan fingerprint density at radius 3 is 2.76 bits per heavy atom. The highest BCUT2D eigenvalue weighted by Gasteiger charge is 2.23. The van der Waals surface area contributed by atoms with Crippen LogP contribution < -0.4 is 10.1 Å². The fraction of sp³-hybridized carbons (Fsp3) is 0.647. The molecule has 1 saturated carbocycles. The third-order valence-electron chi connectivity index (χ3n) is 4.45. The molecule has 4 heteroatoms. The second kappa shape index (κ2) is 7.74. The van der Waals surface area contributed by atoms with Crippen molar-refractivity contribution in [2.45, 2.75) is 64.6 Å². The first kappa shape index (κ1) is 16.2. The Labute approximate surface area is 125 Å². The van der Waals surface area contributed by atoms with Gasteiger partial charge in [0, 0.05) is 17.6 Å². The van der Waals surface area contributed by atoms with Crippen LogP contribution in [0.2, 0.25) is 0 Å². The Morgan fingerprint density at radius 2 is 2.05 bits per heavy atom. The summed E-state index contributed by atoms with van der Waals surface area (Å²) in [5, 5.41) is 3.59. The summed E-state index contributed by atoms with van der Waals surface area (Å²) in [4.78, 5) is 0. The van der Waals surface area contributed by atoms with Gasteiger partial charge in [-0.1, -0.05) is 44.4 Å². The van der Waals surface area contributed by atoms with Crippen LogP contribution in [0.15, 0.2) is 24.3 Å². The van der Waals surface area contributed by atoms with Gasteiger partial charge in [-0.2, -0.15) is 8.78 Å². The first-order valence-corrected chi connectivity index (χ1v) is 7.90. The highest BCUT2D eigenvalue weighted by Crippen LogP contribution is 2.31. The number of ether oxygens (including phenoxy) is 1. The Hall–Kier alpha value is -1.16. The lowest BCUT2D eigenvalue weighted by atomic mass is 9.84. The summed E-state index contributed by atoms with van der Waals surface area (Å²) in [7, 11) is 0. The summed E-state index contributed by atoms with van der Waals surface area (Å²) in [6, 6.07) is 7.53. The molecule has 3 unspecified atom stereocenters. The second-order valence-electron chi connectivity index (χ2n) is 5.94. The van der Waals surface area contributed by atoms with Crippen LogP contribution >= 0.6 is 0 Å². The van der Waals surface area contributed by atoms with Crippen molar-refractivity contribution < 1.29 is 13.5 Å². The minimum absolute atomic E-state index is 0.0144. The average Bonchev–Trinajstić information content (AvgIpc) is 2.47. The molecule has 0 radical (unpaired) electrons. The number of hydrogen-bond acceptors (Lipinski definition) is 2. The van der Waals surface area contributed by atoms with Gasteiger partial charge < -0.3 is 10.1 Å². The van der Waals surface area contributed by atoms with Gasteiger partial charge in [-0.25, -0.2) is 0 Å². The maximum Gasteiger partial charge on any atom is 0.387 e. The van der Waals surface area contributed by atoms with Gasteiger partial charge in [-0.3, -0.25) is 0 Å². The quantitative estimate of drug-likeness (QED) is 0.805. The van der Waals surface area contributed by atoms with Gasteiger partial charge >= 0.3 is 6.61 Å². The Bertz CT molecular complexity index is 439. The van der Waals surface area contributed by atoms with Crippen LogP contribution in [0.4, 0.5) is 8.78 Å². The third kappa shape index (κ3) is 4.67. The topological polar surface area (TPSA) is 21.3 Å². The molecule has 0 saturated heterocycles. The van der Waals surface area contributed by atoms with Crippen LogP contribution in [-0.4, -0.2) is 12.7 Å². The standard InChI is InChI=1S/C17H25F2NO/c1-3-13-7-6-8-14(11-13)20-12(2)15-9-4-5-10-16(15)21-17(18)19/h4-5,9-10,12-14,17,20H,3,6-8,11H2,1-2H3. The highest BCUT2D eigenvalue weighted by atomic mass is 19.3. The molecule has 118 valence electrons. The smallest absolute Gasteiger partial charge is 0.387 e. The minimum Gasteiger partial charge on any atom is -0.434 e. The molecule has 0 aromatic heterocycles. The Balaban J connectivity index is 2.01. The number of para-hydroxylation sites is 1. The van der Waals surface area contributed by atoms with Crippen molar-refractivity contribution in [1.29, 1.82) is 0 Å². The number of alkyl halides is 2. The highest BCUT2D eigenvalue weighted by molar-refractivity contribution is 5.35. The second-order valence-corrected chi connectivity index (χ2v) is 5.94. The van der Waals surface area contributed by atoms with Gasteiger partial charge in [-0.15, -0.1) is 0 Å². The Morgan fingerprint density at radius 1 is 1.29 bits per heavy atom. The molecule has 1 aromatic rings. The molecule has 2 rings (SSSR count). The predicted octanol–water partition coefficient (Wildman–Crippen LogP) is 4.91. The van der Waals surface area contributed by atoms with Gasteiger partial charge in [0.05, 0.1) is 0 Å². The fourth-order valence-electron chi connectivity index (χ4n) is 3.30. The summed E-state index contributed by atoms with van der Waals surface area (Å²) < 4.78 is 29.6. The third-order valence-corrected chi connectivity index (χ3v) is 4.45. The van der Waals surface area contributed by atoms with E-state index in [0.717, 1.165) is 11.5 Å². The van der Waals surface area contributed by atoms with E-state index in [-0.39, 0.29) is 11.8 Å². The molecule has 0 amide bonds. The summed E-state index contributed by atoms with van der Waals surface area (Å²) in [5.41, 5.74) is 0.802. The molecule has 0 heterocycles. The molecule has 21 heavy (non-hydrogen) atoms. The maximum absolute atomic E-state index is 12.5. The fourth-order valence-corrected chi connectivity index (χ4v) is 3.30. The van der Waals surface area contributed by atoms with Crippen molar-refractivity contribution in [2.24, 2.45) is 5.92 Å². The lowest BCUT2D eigenvalue weighted by molar-refractivity contribution is -0.0507. The summed E-state index contributed by atoms with van der Waals surface area (Å²) >= 11 is 0. The first-order chi connectivity index (χ1) is 10.1. The number of hydrogen-bond donors (Lipinski definition) is 1. The van der Waals surface area contributed by atoms with Crippen LogP contribution in [0.1, 0.15) is 57.6 Å². The van der Waals surface area contributed by atoms with E-state index < -0.39 is 6.61 Å². The van der Waals surface area contributed by atoms with E-state index in [9.17, 15) is 8.78 Å². The largest absolute Gasteiger partial charge is 0.434 e. The van der Waals surface area contributed by atoms with Crippen molar-refractivity contribution in [3.05, 3.63) is 29.8 Å². The SMILES string of the molecule is CCC1CCCC(NC(C)c2ccccc2OC(F)F)C1. The molecule has 1 N–H and O–H groups in total. The van der Waals surface area contributed by atoms with Gasteiger partial charge in [-0.05, 0) is 31.7 Å². The van der Waals surface area contributed by atoms with Crippen LogP contribution in [0.3, 0.4) is 0 Å². The molecule has 1 fully saturated rings. The van der Waals surface area contributed by atoms with E-state index in [2.05, 4.69) is 17.0 Å². The van der Waals surface area contributed by atoms with E-state index >= 15 is 0 Å². The average molecular weight is 297 g/mol. The zero-order chi connectivity index (χ0) is 15.2. The summed E-state index contributed by atoms with van der Waals surface area (Å²) in [5.74, 6) is 1.06. The molecule has 3 atom stereocenters. The van der Waals surface area contributed by atoms with Crippen molar-refractivity contribution in [2.75, 3.05) is 0 Å². The maximum atomic E-state index is 12.5. The lowest BCUT2D eigenvalue weighted by Gasteiger charge is -2.32. The van der Waals surface area contributed by atoms with E-state index in [1.165, 1.54) is 32.1 Å². The van der Waals surface area contributed by atoms with Crippen LogP contribution in [0.5, 0.6) is 5.75 Å². The zero-order valence-electron chi connectivity index (χ0n) is 12.8. The van der Waals surface area contributed by atoms with Gasteiger partial charge in [0.25, 0.3) is 0 Å². The molecule has 2 nitrogen and oxygen atoms in total. The Kier molecular flexibility index (Phi) is 5.97. The van der Waals surface area contributed by atoms with E-state index in [4.69, 9.17) is 0 Å². The molecule has 1 aliphatic rings. The summed E-state index contributed by atoms with van der Waals surface area (Å²) in [6.45, 7) is 1.48. The van der Waals surface area contributed by atoms with Crippen molar-refractivity contribution in [1.82, 2.24) is 5.32 Å². The molecular weight excluding hydrogens is 272 g/mol. The van der Waals surface area contributed by atoms with Crippen LogP contribution in [0.25, 0.3) is 0 Å². The van der Waals surface area contributed by atoms with E-state index in [1.54, 1.807) is 12.1 Å². The molecule has 1 aliphatic carbocycles. The van der Waals surface area contributed by atoms with Gasteiger partial charge in [0.15, 0.2) is 0 Å². The summed E-state index contributed by atoms with van der Waals surface area (Å²) in [6.07, 6.45) is 6.13. The first-order valence-electron chi connectivity index (χ1n) is 7.90. The molecule has 1 aromatic carbocycles. The number of rotatable bonds is 6. The van der Waals surface area contributed by atoms with Gasteiger partial charge in [0.2, 0.25) is 0 Å². The molecular formula is C17H25F2NO. The lowest BCUT2D eigenvalue weighted by Crippen LogP contribution is -2.36. The molecule has 0 aliphatic heterocycles. The van der Waals surface area contributed by atoms with Crippen LogP contribution in [-0.2, 0) is 0 Å². The predicted molar refractivity (Wildman–Crippen MR) is 80.7 cm³/mol. The van der Waals surface area contributed by atoms with E-state index in [0.29, 0.717) is 6.04 Å². The molecule has 0 spiro atoms. The number of nitrogens with one attached hydrogen (secondary N) is 1. The number of halogens is 2. The normalized spacial score (nSPS) is 24.0. The molecule has 0 bridgehead atoms. The monoisotopic (exact) mass is 297 g/mol. The van der Waals surface area contributed by atoms with Crippen molar-refractivity contribution in [3.63, 3.8) is 0 Å². The minimum atomic E-state index is -2.78. The van der Waals surface area contributed by atoms with Crippen molar-refractivity contribution >= 4 is 0 Å². The van der Waals surface area contributed by atoms with Crippen LogP contribution in [0, 0.1) is 5.92 Å². The van der Waals surface area contributed by atoms with E-state index in [1.807, 2.05) is 19.1 Å². The number of benzene rings is 1. The van der Waals surface area contributed by atoms with Crippen molar-refractivity contribution in [3.8, 4) is 5.75 Å². The van der Waals surface area contributed by atoms with Gasteiger partial charge in [0.1, 0.15) is 5.75 Å². The zero-order valence-corrected chi connectivity index (χ0v) is 12.8.